The van der Waals surface area contributed by atoms with Gasteiger partial charge in [0.1, 0.15) is 18.2 Å². The molecule has 0 saturated heterocycles. The van der Waals surface area contributed by atoms with Crippen molar-refractivity contribution in [3.05, 3.63) is 171 Å². The van der Waals surface area contributed by atoms with Gasteiger partial charge in [0.15, 0.2) is 0 Å². The van der Waals surface area contributed by atoms with Gasteiger partial charge in [-0.3, -0.25) is 0 Å². The zero-order valence-electron chi connectivity index (χ0n) is 27.8. The van der Waals surface area contributed by atoms with Gasteiger partial charge in [-0.15, -0.1) is 0 Å². The smallest absolute Gasteiger partial charge is 0.227 e. The molecule has 6 aromatic carbocycles. The van der Waals surface area contributed by atoms with E-state index >= 15 is 0 Å². The summed E-state index contributed by atoms with van der Waals surface area (Å²) in [4.78, 5) is 24.3. The predicted molar refractivity (Wildman–Crippen MR) is 209 cm³/mol. The summed E-state index contributed by atoms with van der Waals surface area (Å²) in [5, 5.41) is 4.12. The first-order valence-corrected chi connectivity index (χ1v) is 17.0. The van der Waals surface area contributed by atoms with E-state index in [4.69, 9.17) is 9.40 Å². The summed E-state index contributed by atoms with van der Waals surface area (Å²) < 4.78 is 6.09. The minimum absolute atomic E-state index is 0.641. The minimum Gasteiger partial charge on any atom is -0.438 e. The zero-order chi connectivity index (χ0) is 34.4. The molecule has 0 spiro atoms. The van der Waals surface area contributed by atoms with Crippen LogP contribution in [0.5, 0.6) is 0 Å². The highest BCUT2D eigenvalue weighted by molar-refractivity contribution is 6.04. The Labute approximate surface area is 298 Å². The normalized spacial score (nSPS) is 11.5. The molecular weight excluding hydrogens is 641 g/mol. The molecule has 244 valence electrons. The fraction of sp³-hybridized carbons (Fsp3) is 0. The van der Waals surface area contributed by atoms with Crippen molar-refractivity contribution in [1.29, 1.82) is 0 Å². The molecule has 7 heteroatoms. The van der Waals surface area contributed by atoms with Gasteiger partial charge in [-0.25, -0.2) is 24.9 Å². The van der Waals surface area contributed by atoms with Gasteiger partial charge >= 0.3 is 0 Å². The molecule has 4 aromatic heterocycles. The van der Waals surface area contributed by atoms with Crippen LogP contribution in [-0.2, 0) is 0 Å². The van der Waals surface area contributed by atoms with Crippen molar-refractivity contribution < 1.29 is 4.42 Å². The molecule has 0 N–H and O–H groups in total. The summed E-state index contributed by atoms with van der Waals surface area (Å²) in [7, 11) is 0. The standard InChI is InChI=1S/C45H28N6O/c1-2-4-44-39(3-1)40-19-22-43(50-45(40)52-44)31-9-17-38(18-10-31)51(36-13-5-29(6-14-36)32-11-20-41-34(23-32)25-46-27-48-41)37-15-7-30(8-16-37)33-12-21-42-35(24-33)26-47-28-49-42/h1-28H. The fourth-order valence-electron chi connectivity index (χ4n) is 6.93. The average Bonchev–Trinajstić information content (AvgIpc) is 3.59. The monoisotopic (exact) mass is 668 g/mol. The quantitative estimate of drug-likeness (QED) is 0.174. The van der Waals surface area contributed by atoms with Crippen LogP contribution in [0.15, 0.2) is 175 Å². The zero-order valence-corrected chi connectivity index (χ0v) is 27.8. The molecule has 52 heavy (non-hydrogen) atoms. The first-order chi connectivity index (χ1) is 25.7. The number of hydrogen-bond donors (Lipinski definition) is 0. The van der Waals surface area contributed by atoms with Gasteiger partial charge in [0.25, 0.3) is 0 Å². The molecule has 0 unspecified atom stereocenters. The second-order valence-electron chi connectivity index (χ2n) is 12.7. The lowest BCUT2D eigenvalue weighted by Gasteiger charge is -2.26. The summed E-state index contributed by atoms with van der Waals surface area (Å²) >= 11 is 0. The number of fused-ring (bicyclic) bond motifs is 5. The molecule has 0 aliphatic heterocycles. The molecule has 0 saturated carbocycles. The van der Waals surface area contributed by atoms with E-state index in [0.29, 0.717) is 5.71 Å². The molecule has 0 aliphatic rings. The summed E-state index contributed by atoms with van der Waals surface area (Å²) in [5.41, 5.74) is 12.8. The molecule has 0 bridgehead atoms. The highest BCUT2D eigenvalue weighted by Crippen LogP contribution is 2.38. The number of furan rings is 1. The van der Waals surface area contributed by atoms with Crippen molar-refractivity contribution in [2.75, 3.05) is 4.90 Å². The Morgan fingerprint density at radius 1 is 0.442 bits per heavy atom. The van der Waals surface area contributed by atoms with Crippen molar-refractivity contribution in [2.45, 2.75) is 0 Å². The van der Waals surface area contributed by atoms with E-state index in [9.17, 15) is 0 Å². The molecule has 10 aromatic rings. The third-order valence-corrected chi connectivity index (χ3v) is 9.59. The van der Waals surface area contributed by atoms with Gasteiger partial charge < -0.3 is 9.32 Å². The van der Waals surface area contributed by atoms with Gasteiger partial charge in [-0.05, 0) is 101 Å². The van der Waals surface area contributed by atoms with Crippen LogP contribution in [0.1, 0.15) is 0 Å². The van der Waals surface area contributed by atoms with Crippen molar-refractivity contribution in [3.63, 3.8) is 0 Å². The van der Waals surface area contributed by atoms with E-state index < -0.39 is 0 Å². The van der Waals surface area contributed by atoms with Crippen molar-refractivity contribution in [1.82, 2.24) is 24.9 Å². The third-order valence-electron chi connectivity index (χ3n) is 9.59. The van der Waals surface area contributed by atoms with Crippen LogP contribution in [0.2, 0.25) is 0 Å². The van der Waals surface area contributed by atoms with Gasteiger partial charge in [-0.1, -0.05) is 66.7 Å². The topological polar surface area (TPSA) is 80.8 Å². The Kier molecular flexibility index (Phi) is 6.99. The van der Waals surface area contributed by atoms with Crippen molar-refractivity contribution in [2.24, 2.45) is 0 Å². The number of pyridine rings is 1. The van der Waals surface area contributed by atoms with Crippen LogP contribution in [0, 0.1) is 0 Å². The van der Waals surface area contributed by atoms with Crippen LogP contribution >= 0.6 is 0 Å². The van der Waals surface area contributed by atoms with E-state index in [1.807, 2.05) is 42.7 Å². The number of para-hydroxylation sites is 1. The highest BCUT2D eigenvalue weighted by atomic mass is 16.3. The molecular formula is C45H28N6O. The van der Waals surface area contributed by atoms with Gasteiger partial charge in [0.2, 0.25) is 5.71 Å². The van der Waals surface area contributed by atoms with Crippen molar-refractivity contribution >= 4 is 60.9 Å². The Bertz CT molecular complexity index is 2780. The Balaban J connectivity index is 1.02. The summed E-state index contributed by atoms with van der Waals surface area (Å²) in [6.45, 7) is 0. The number of rotatable bonds is 6. The maximum absolute atomic E-state index is 6.09. The third kappa shape index (κ3) is 5.28. The first-order valence-electron chi connectivity index (χ1n) is 17.0. The fourth-order valence-corrected chi connectivity index (χ4v) is 6.93. The number of hydrogen-bond acceptors (Lipinski definition) is 7. The van der Waals surface area contributed by atoms with Crippen LogP contribution in [0.25, 0.3) is 77.4 Å². The van der Waals surface area contributed by atoms with Crippen LogP contribution < -0.4 is 4.90 Å². The van der Waals surface area contributed by atoms with Gasteiger partial charge in [0.05, 0.1) is 16.7 Å². The molecule has 0 aliphatic carbocycles. The lowest BCUT2D eigenvalue weighted by Crippen LogP contribution is -2.09. The van der Waals surface area contributed by atoms with Gasteiger partial charge in [-0.2, -0.15) is 0 Å². The molecule has 4 heterocycles. The molecule has 0 fully saturated rings. The van der Waals surface area contributed by atoms with Crippen LogP contribution in [-0.4, -0.2) is 24.9 Å². The molecule has 0 atom stereocenters. The maximum Gasteiger partial charge on any atom is 0.227 e. The summed E-state index contributed by atoms with van der Waals surface area (Å²) in [5.74, 6) is 0. The van der Waals surface area contributed by atoms with Crippen molar-refractivity contribution in [3.8, 4) is 33.5 Å². The number of nitrogens with zero attached hydrogens (tertiary/aromatic N) is 6. The Hall–Kier alpha value is -7.25. The molecule has 0 amide bonds. The second-order valence-corrected chi connectivity index (χ2v) is 12.7. The summed E-state index contributed by atoms with van der Waals surface area (Å²) in [6, 6.07) is 50.7. The van der Waals surface area contributed by atoms with E-state index in [2.05, 4.69) is 140 Å². The number of anilines is 3. The minimum atomic E-state index is 0.641. The summed E-state index contributed by atoms with van der Waals surface area (Å²) in [6.07, 6.45) is 6.87. The first kappa shape index (κ1) is 29.6. The van der Waals surface area contributed by atoms with E-state index in [0.717, 1.165) is 88.7 Å². The SMILES string of the molecule is c1ccc2c(c1)oc1nc(-c3ccc(N(c4ccc(-c5ccc6ncncc6c5)cc4)c4ccc(-c5ccc6ncncc6c5)cc4)cc3)ccc12. The molecule has 10 rings (SSSR count). The largest absolute Gasteiger partial charge is 0.438 e. The van der Waals surface area contributed by atoms with E-state index in [1.165, 1.54) is 0 Å². The van der Waals surface area contributed by atoms with Gasteiger partial charge in [0, 0.05) is 56.6 Å². The second kappa shape index (κ2) is 12.3. The molecule has 7 nitrogen and oxygen atoms in total. The number of aromatic nitrogens is 5. The lowest BCUT2D eigenvalue weighted by atomic mass is 10.0. The Morgan fingerprint density at radius 3 is 1.54 bits per heavy atom. The predicted octanol–water partition coefficient (Wildman–Crippen LogP) is 11.3. The van der Waals surface area contributed by atoms with E-state index in [-0.39, 0.29) is 0 Å². The highest BCUT2D eigenvalue weighted by Gasteiger charge is 2.15. The average molecular weight is 669 g/mol. The molecule has 0 radical (unpaired) electrons. The number of benzene rings is 6. The van der Waals surface area contributed by atoms with Crippen LogP contribution in [0.4, 0.5) is 17.1 Å². The lowest BCUT2D eigenvalue weighted by molar-refractivity contribution is 0.654. The van der Waals surface area contributed by atoms with Crippen LogP contribution in [0.3, 0.4) is 0 Å². The Morgan fingerprint density at radius 2 is 0.962 bits per heavy atom. The maximum atomic E-state index is 6.09. The van der Waals surface area contributed by atoms with E-state index in [1.54, 1.807) is 12.7 Å².